The normalized spacial score (nSPS) is 46.9. The zero-order valence-electron chi connectivity index (χ0n) is 16.3. The van der Waals surface area contributed by atoms with Crippen LogP contribution in [0.5, 0.6) is 0 Å². The highest BCUT2D eigenvalue weighted by Gasteiger charge is 2.59. The van der Waals surface area contributed by atoms with Crippen LogP contribution in [0.3, 0.4) is 0 Å². The summed E-state index contributed by atoms with van der Waals surface area (Å²) in [7, 11) is 0. The van der Waals surface area contributed by atoms with Gasteiger partial charge in [0, 0.05) is 12.3 Å². The fraction of sp³-hybridized carbons (Fsp3) is 0.864. The number of aliphatic hydroxyl groups is 1. The third kappa shape index (κ3) is 2.82. The maximum Gasteiger partial charge on any atom is 0.420 e. The van der Waals surface area contributed by atoms with E-state index in [2.05, 4.69) is 6.92 Å². The van der Waals surface area contributed by atoms with Gasteiger partial charge in [-0.15, -0.1) is 0 Å². The third-order valence-electron chi connectivity index (χ3n) is 8.74. The average Bonchev–Trinajstić information content (AvgIpc) is 2.97. The molecule has 3 fully saturated rings. The van der Waals surface area contributed by atoms with Gasteiger partial charge in [0.1, 0.15) is 5.78 Å². The predicted molar refractivity (Wildman–Crippen MR) is 96.9 cm³/mol. The topological polar surface area (TPSA) is 37.3 Å². The van der Waals surface area contributed by atoms with Crippen LogP contribution in [0.1, 0.15) is 71.6 Å². The second-order valence-corrected chi connectivity index (χ2v) is 9.75. The minimum Gasteiger partial charge on any atom is -0.377 e. The Labute approximate surface area is 159 Å². The van der Waals surface area contributed by atoms with E-state index in [0.29, 0.717) is 42.8 Å². The summed E-state index contributed by atoms with van der Waals surface area (Å²) in [5.41, 5.74) is -1.72. The van der Waals surface area contributed by atoms with Crippen molar-refractivity contribution in [1.29, 1.82) is 0 Å². The molecule has 0 aromatic heterocycles. The Bertz CT molecular complexity index is 654. The van der Waals surface area contributed by atoms with Gasteiger partial charge in [-0.05, 0) is 86.5 Å². The number of allylic oxidation sites excluding steroid dienone is 1. The molecule has 0 spiro atoms. The Morgan fingerprint density at radius 1 is 1.15 bits per heavy atom. The largest absolute Gasteiger partial charge is 0.420 e. The van der Waals surface area contributed by atoms with Gasteiger partial charge >= 0.3 is 6.18 Å². The molecule has 0 radical (unpaired) electrons. The summed E-state index contributed by atoms with van der Waals surface area (Å²) in [6.07, 6.45) is 3.07. The molecular formula is C22H31F3O2. The van der Waals surface area contributed by atoms with Gasteiger partial charge in [0.2, 0.25) is 0 Å². The van der Waals surface area contributed by atoms with E-state index in [1.165, 1.54) is 0 Å². The summed E-state index contributed by atoms with van der Waals surface area (Å²) in [5, 5.41) is 10.1. The van der Waals surface area contributed by atoms with E-state index in [0.717, 1.165) is 43.8 Å². The number of rotatable bonds is 2. The molecule has 0 aliphatic heterocycles. The van der Waals surface area contributed by atoms with E-state index >= 15 is 0 Å². The van der Waals surface area contributed by atoms with Crippen molar-refractivity contribution in [2.45, 2.75) is 83.4 Å². The van der Waals surface area contributed by atoms with Crippen LogP contribution in [-0.2, 0) is 4.79 Å². The highest BCUT2D eigenvalue weighted by molar-refractivity contribution is 5.82. The molecule has 4 aliphatic rings. The monoisotopic (exact) mass is 384 g/mol. The van der Waals surface area contributed by atoms with Crippen LogP contribution in [-0.4, -0.2) is 22.7 Å². The molecule has 1 N–H and O–H groups in total. The lowest BCUT2D eigenvalue weighted by atomic mass is 9.50. The van der Waals surface area contributed by atoms with Crippen molar-refractivity contribution < 1.29 is 23.1 Å². The second-order valence-electron chi connectivity index (χ2n) is 9.75. The first kappa shape index (κ1) is 19.5. The molecule has 0 heterocycles. The number of hydrogen-bond acceptors (Lipinski definition) is 2. The minimum absolute atomic E-state index is 0.0802. The van der Waals surface area contributed by atoms with Gasteiger partial charge in [0.05, 0.1) is 0 Å². The Kier molecular flexibility index (Phi) is 4.57. The quantitative estimate of drug-likeness (QED) is 0.643. The molecule has 0 aromatic carbocycles. The van der Waals surface area contributed by atoms with E-state index in [-0.39, 0.29) is 23.7 Å². The summed E-state index contributed by atoms with van der Waals surface area (Å²) in [5.74, 6) is 2.24. The second kappa shape index (κ2) is 6.33. The van der Waals surface area contributed by atoms with Crippen molar-refractivity contribution >= 4 is 5.78 Å². The van der Waals surface area contributed by atoms with Crippen LogP contribution in [0.25, 0.3) is 0 Å². The molecule has 0 bridgehead atoms. The Hall–Kier alpha value is -0.840. The van der Waals surface area contributed by atoms with E-state index in [1.54, 1.807) is 0 Å². The number of Topliss-reactive ketones (excluding diaryl/α,β-unsaturated/α-hetero) is 1. The molecule has 3 saturated carbocycles. The minimum atomic E-state index is -4.59. The lowest BCUT2D eigenvalue weighted by Gasteiger charge is -2.54. The molecule has 4 aliphatic carbocycles. The molecule has 7 atom stereocenters. The molecule has 152 valence electrons. The number of ketones is 1. The number of fused-ring (bicyclic) bond motifs is 5. The third-order valence-corrected chi connectivity index (χ3v) is 8.74. The lowest BCUT2D eigenvalue weighted by molar-refractivity contribution is -0.245. The van der Waals surface area contributed by atoms with Gasteiger partial charge in [0.25, 0.3) is 0 Å². The van der Waals surface area contributed by atoms with Crippen molar-refractivity contribution in [3.63, 3.8) is 0 Å². The molecule has 4 rings (SSSR count). The summed E-state index contributed by atoms with van der Waals surface area (Å²) in [6, 6.07) is 0. The van der Waals surface area contributed by atoms with Gasteiger partial charge in [0.15, 0.2) is 5.60 Å². The van der Waals surface area contributed by atoms with Crippen molar-refractivity contribution in [3.05, 3.63) is 11.6 Å². The lowest BCUT2D eigenvalue weighted by Crippen LogP contribution is -2.51. The highest BCUT2D eigenvalue weighted by atomic mass is 19.4. The van der Waals surface area contributed by atoms with E-state index in [9.17, 15) is 23.1 Å². The first-order valence-electron chi connectivity index (χ1n) is 10.6. The van der Waals surface area contributed by atoms with E-state index < -0.39 is 11.8 Å². The first-order chi connectivity index (χ1) is 12.6. The number of carbonyl (C=O) groups excluding carboxylic acids is 1. The van der Waals surface area contributed by atoms with Crippen molar-refractivity contribution in [1.82, 2.24) is 0 Å². The molecule has 2 nitrogen and oxygen atoms in total. The van der Waals surface area contributed by atoms with Crippen LogP contribution >= 0.6 is 0 Å². The van der Waals surface area contributed by atoms with Crippen molar-refractivity contribution in [3.8, 4) is 0 Å². The first-order valence-corrected chi connectivity index (χ1v) is 10.6. The smallest absolute Gasteiger partial charge is 0.377 e. The predicted octanol–water partition coefficient (Wildman–Crippen LogP) is 5.45. The van der Waals surface area contributed by atoms with Crippen LogP contribution in [0.15, 0.2) is 11.6 Å². The maximum atomic E-state index is 13.3. The van der Waals surface area contributed by atoms with Gasteiger partial charge in [-0.1, -0.05) is 19.4 Å². The van der Waals surface area contributed by atoms with E-state index in [1.807, 2.05) is 6.92 Å². The van der Waals surface area contributed by atoms with Gasteiger partial charge in [-0.3, -0.25) is 4.79 Å². The average molecular weight is 384 g/mol. The van der Waals surface area contributed by atoms with E-state index in [4.69, 9.17) is 0 Å². The number of hydrogen-bond donors (Lipinski definition) is 1. The highest BCUT2D eigenvalue weighted by Crippen LogP contribution is 2.64. The van der Waals surface area contributed by atoms with Gasteiger partial charge in [-0.25, -0.2) is 0 Å². The Balaban J connectivity index is 1.58. The molecule has 0 saturated heterocycles. The Morgan fingerprint density at radius 2 is 1.89 bits per heavy atom. The zero-order chi connectivity index (χ0) is 19.6. The number of halogens is 3. The number of alkyl halides is 3. The molecule has 5 heteroatoms. The molecule has 0 unspecified atom stereocenters. The van der Waals surface area contributed by atoms with Gasteiger partial charge < -0.3 is 5.11 Å². The van der Waals surface area contributed by atoms with Crippen molar-refractivity contribution in [2.24, 2.45) is 35.0 Å². The molecule has 0 amide bonds. The number of carbonyl (C=O) groups is 1. The molecule has 0 aromatic rings. The van der Waals surface area contributed by atoms with Crippen LogP contribution in [0.2, 0.25) is 0 Å². The van der Waals surface area contributed by atoms with Crippen LogP contribution in [0.4, 0.5) is 13.2 Å². The van der Waals surface area contributed by atoms with Crippen LogP contribution in [0, 0.1) is 35.0 Å². The summed E-state index contributed by atoms with van der Waals surface area (Å²) in [6.45, 7) is 4.25. The SMILES string of the molecule is CCC(=O)[C@H]1CC[C@H]2[C@@H]3CCC4=C[C@@](O)(C(F)(F)F)CC[C@@H]4[C@H]3CC[C@]12C. The molecule has 27 heavy (non-hydrogen) atoms. The van der Waals surface area contributed by atoms with Gasteiger partial charge in [-0.2, -0.15) is 13.2 Å². The fourth-order valence-corrected chi connectivity index (χ4v) is 7.36. The fourth-order valence-electron chi connectivity index (χ4n) is 7.36. The summed E-state index contributed by atoms with van der Waals surface area (Å²) >= 11 is 0. The van der Waals surface area contributed by atoms with Crippen molar-refractivity contribution in [2.75, 3.05) is 0 Å². The molecular weight excluding hydrogens is 353 g/mol. The zero-order valence-corrected chi connectivity index (χ0v) is 16.3. The Morgan fingerprint density at radius 3 is 2.56 bits per heavy atom. The standard InChI is InChI=1S/C22H31F3O2/c1-3-19(26)18-7-6-17-16-5-4-13-12-21(27,22(23,24)25)11-9-14(13)15(16)8-10-20(17,18)2/h12,14-18,27H,3-11H2,1-2H3/t14-,15+,16+,17-,18+,20-,21+/m0/s1. The maximum absolute atomic E-state index is 13.3. The van der Waals surface area contributed by atoms with Crippen LogP contribution < -0.4 is 0 Å². The summed E-state index contributed by atoms with van der Waals surface area (Å²) in [4.78, 5) is 12.5. The summed E-state index contributed by atoms with van der Waals surface area (Å²) < 4.78 is 39.8.